The van der Waals surface area contributed by atoms with E-state index in [1.807, 2.05) is 33.5 Å². The van der Waals surface area contributed by atoms with Crippen LogP contribution in [0.15, 0.2) is 35.4 Å². The topological polar surface area (TPSA) is 73.1 Å². The monoisotopic (exact) mass is 355 g/mol. The zero-order valence-electron chi connectivity index (χ0n) is 13.8. The molecular weight excluding hydrogens is 338 g/mol. The molecule has 128 valence electrons. The standard InChI is InChI=1S/C17H17N5O2S/c1-21-15-2-6-22(17(23)12-3-7-25-11-12)9-13(15)14(20-21)10-24-16-8-18-4-5-19-16/h3-5,7-8,11H,2,6,9-10H2,1H3. The van der Waals surface area contributed by atoms with Crippen LogP contribution in [-0.2, 0) is 26.6 Å². The van der Waals surface area contributed by atoms with Crippen LogP contribution in [0, 0.1) is 0 Å². The van der Waals surface area contributed by atoms with Crippen LogP contribution in [0.1, 0.15) is 27.3 Å². The maximum atomic E-state index is 12.6. The second-order valence-corrected chi connectivity index (χ2v) is 6.60. The Labute approximate surface area is 148 Å². The summed E-state index contributed by atoms with van der Waals surface area (Å²) in [6, 6.07) is 1.86. The van der Waals surface area contributed by atoms with Gasteiger partial charge in [0.1, 0.15) is 12.3 Å². The van der Waals surface area contributed by atoms with E-state index in [0.29, 0.717) is 25.6 Å². The minimum Gasteiger partial charge on any atom is -0.470 e. The van der Waals surface area contributed by atoms with E-state index in [0.717, 1.165) is 28.9 Å². The molecule has 25 heavy (non-hydrogen) atoms. The van der Waals surface area contributed by atoms with Crippen LogP contribution in [0.3, 0.4) is 0 Å². The highest BCUT2D eigenvalue weighted by Crippen LogP contribution is 2.24. The molecule has 0 saturated heterocycles. The van der Waals surface area contributed by atoms with E-state index in [-0.39, 0.29) is 5.91 Å². The van der Waals surface area contributed by atoms with Gasteiger partial charge in [0, 0.05) is 55.6 Å². The molecule has 0 unspecified atom stereocenters. The van der Waals surface area contributed by atoms with Crippen molar-refractivity contribution in [2.75, 3.05) is 6.54 Å². The number of aromatic nitrogens is 4. The Morgan fingerprint density at radius 3 is 3.08 bits per heavy atom. The summed E-state index contributed by atoms with van der Waals surface area (Å²) in [5.74, 6) is 0.528. The van der Waals surface area contributed by atoms with Gasteiger partial charge in [0.15, 0.2) is 0 Å². The molecule has 3 aromatic rings. The fourth-order valence-corrected chi connectivity index (χ4v) is 3.66. The first kappa shape index (κ1) is 15.8. The first-order valence-corrected chi connectivity index (χ1v) is 8.90. The van der Waals surface area contributed by atoms with Crippen molar-refractivity contribution in [1.29, 1.82) is 0 Å². The largest absolute Gasteiger partial charge is 0.470 e. The summed E-state index contributed by atoms with van der Waals surface area (Å²) >= 11 is 1.53. The Bertz CT molecular complexity index is 876. The van der Waals surface area contributed by atoms with Crippen molar-refractivity contribution in [3.05, 3.63) is 57.9 Å². The van der Waals surface area contributed by atoms with Crippen LogP contribution in [0.25, 0.3) is 0 Å². The van der Waals surface area contributed by atoms with Gasteiger partial charge >= 0.3 is 0 Å². The Balaban J connectivity index is 1.53. The Hall–Kier alpha value is -2.74. The average molecular weight is 355 g/mol. The van der Waals surface area contributed by atoms with E-state index in [4.69, 9.17) is 4.74 Å². The van der Waals surface area contributed by atoms with Crippen LogP contribution < -0.4 is 4.74 Å². The molecule has 0 radical (unpaired) electrons. The van der Waals surface area contributed by atoms with Gasteiger partial charge in [0.25, 0.3) is 5.91 Å². The van der Waals surface area contributed by atoms with E-state index in [1.54, 1.807) is 18.6 Å². The number of ether oxygens (including phenoxy) is 1. The molecule has 0 saturated carbocycles. The maximum Gasteiger partial charge on any atom is 0.255 e. The van der Waals surface area contributed by atoms with Crippen molar-refractivity contribution >= 4 is 17.2 Å². The molecule has 4 rings (SSSR count). The lowest BCUT2D eigenvalue weighted by Crippen LogP contribution is -2.36. The number of aryl methyl sites for hydroxylation is 1. The number of hydrogen-bond acceptors (Lipinski definition) is 6. The van der Waals surface area contributed by atoms with Crippen LogP contribution in [0.2, 0.25) is 0 Å². The molecule has 8 heteroatoms. The lowest BCUT2D eigenvalue weighted by Gasteiger charge is -2.27. The molecule has 0 atom stereocenters. The van der Waals surface area contributed by atoms with Gasteiger partial charge in [-0.1, -0.05) is 0 Å². The zero-order valence-corrected chi connectivity index (χ0v) is 14.6. The molecule has 0 bridgehead atoms. The third kappa shape index (κ3) is 3.12. The van der Waals surface area contributed by atoms with Gasteiger partial charge in [-0.15, -0.1) is 0 Å². The normalized spacial score (nSPS) is 13.6. The Morgan fingerprint density at radius 2 is 2.32 bits per heavy atom. The first-order chi connectivity index (χ1) is 12.2. The smallest absolute Gasteiger partial charge is 0.255 e. The van der Waals surface area contributed by atoms with Gasteiger partial charge in [-0.25, -0.2) is 4.98 Å². The summed E-state index contributed by atoms with van der Waals surface area (Å²) in [5.41, 5.74) is 3.81. The number of nitrogens with zero attached hydrogens (tertiary/aromatic N) is 5. The van der Waals surface area contributed by atoms with Crippen molar-refractivity contribution in [3.63, 3.8) is 0 Å². The maximum absolute atomic E-state index is 12.6. The SMILES string of the molecule is Cn1nc(COc2cnccn2)c2c1CCN(C(=O)c1ccsc1)C2. The van der Waals surface area contributed by atoms with E-state index in [2.05, 4.69) is 15.1 Å². The van der Waals surface area contributed by atoms with Crippen LogP contribution in [0.5, 0.6) is 5.88 Å². The summed E-state index contributed by atoms with van der Waals surface area (Å²) in [5, 5.41) is 8.38. The molecule has 1 aliphatic rings. The Kier molecular flexibility index (Phi) is 4.19. The molecule has 0 aliphatic carbocycles. The summed E-state index contributed by atoms with van der Waals surface area (Å²) < 4.78 is 7.57. The number of carbonyl (C=O) groups is 1. The van der Waals surface area contributed by atoms with Crippen LogP contribution in [0.4, 0.5) is 0 Å². The number of carbonyl (C=O) groups excluding carboxylic acids is 1. The molecule has 1 amide bonds. The number of fused-ring (bicyclic) bond motifs is 1. The van der Waals surface area contributed by atoms with Gasteiger partial charge in [0.2, 0.25) is 5.88 Å². The summed E-state index contributed by atoms with van der Waals surface area (Å²) in [6.45, 7) is 1.56. The predicted molar refractivity (Wildman–Crippen MR) is 92.3 cm³/mol. The highest BCUT2D eigenvalue weighted by atomic mass is 32.1. The van der Waals surface area contributed by atoms with E-state index in [9.17, 15) is 4.79 Å². The second-order valence-electron chi connectivity index (χ2n) is 5.82. The molecule has 0 fully saturated rings. The quantitative estimate of drug-likeness (QED) is 0.716. The average Bonchev–Trinajstić information content (AvgIpc) is 3.29. The molecule has 7 nitrogen and oxygen atoms in total. The van der Waals surface area contributed by atoms with Crippen molar-refractivity contribution < 1.29 is 9.53 Å². The fourth-order valence-electron chi connectivity index (χ4n) is 3.03. The predicted octanol–water partition coefficient (Wildman–Crippen LogP) is 2.05. The van der Waals surface area contributed by atoms with Gasteiger partial charge in [-0.2, -0.15) is 16.4 Å². The van der Waals surface area contributed by atoms with Crippen molar-refractivity contribution in [2.24, 2.45) is 7.05 Å². The first-order valence-electron chi connectivity index (χ1n) is 7.96. The van der Waals surface area contributed by atoms with Crippen molar-refractivity contribution in [2.45, 2.75) is 19.6 Å². The Morgan fingerprint density at radius 1 is 1.40 bits per heavy atom. The van der Waals surface area contributed by atoms with Gasteiger partial charge < -0.3 is 9.64 Å². The summed E-state index contributed by atoms with van der Waals surface area (Å²) in [7, 11) is 1.93. The van der Waals surface area contributed by atoms with Crippen molar-refractivity contribution in [3.8, 4) is 5.88 Å². The molecular formula is C17H17N5O2S. The molecule has 3 aromatic heterocycles. The van der Waals surface area contributed by atoms with E-state index < -0.39 is 0 Å². The van der Waals surface area contributed by atoms with E-state index in [1.165, 1.54) is 11.3 Å². The van der Waals surface area contributed by atoms with Gasteiger partial charge in [-0.3, -0.25) is 14.5 Å². The third-order valence-corrected chi connectivity index (χ3v) is 4.96. The van der Waals surface area contributed by atoms with Crippen molar-refractivity contribution in [1.82, 2.24) is 24.6 Å². The second kappa shape index (κ2) is 6.64. The van der Waals surface area contributed by atoms with Gasteiger partial charge in [-0.05, 0) is 11.4 Å². The summed E-state index contributed by atoms with van der Waals surface area (Å²) in [4.78, 5) is 22.6. The molecule has 1 aliphatic heterocycles. The number of rotatable bonds is 4. The highest BCUT2D eigenvalue weighted by molar-refractivity contribution is 7.08. The van der Waals surface area contributed by atoms with Crippen LogP contribution >= 0.6 is 11.3 Å². The molecule has 0 N–H and O–H groups in total. The lowest BCUT2D eigenvalue weighted by molar-refractivity contribution is 0.0733. The molecule has 4 heterocycles. The lowest BCUT2D eigenvalue weighted by atomic mass is 10.0. The van der Waals surface area contributed by atoms with Crippen LogP contribution in [-0.4, -0.2) is 37.1 Å². The molecule has 0 spiro atoms. The third-order valence-electron chi connectivity index (χ3n) is 4.28. The zero-order chi connectivity index (χ0) is 17.2. The van der Waals surface area contributed by atoms with E-state index >= 15 is 0 Å². The summed E-state index contributed by atoms with van der Waals surface area (Å²) in [6.07, 6.45) is 5.55. The highest BCUT2D eigenvalue weighted by Gasteiger charge is 2.27. The number of hydrogen-bond donors (Lipinski definition) is 0. The number of thiophene rings is 1. The fraction of sp³-hybridized carbons (Fsp3) is 0.294. The minimum atomic E-state index is 0.0662. The van der Waals surface area contributed by atoms with Gasteiger partial charge in [0.05, 0.1) is 11.8 Å². The minimum absolute atomic E-state index is 0.0662. The number of amides is 1. The molecule has 0 aromatic carbocycles.